The van der Waals surface area contributed by atoms with Gasteiger partial charge in [-0.05, 0) is 54.8 Å². The summed E-state index contributed by atoms with van der Waals surface area (Å²) in [5, 5.41) is 16.5. The van der Waals surface area contributed by atoms with Crippen molar-refractivity contribution in [2.45, 2.75) is 31.5 Å². The zero-order chi connectivity index (χ0) is 22.5. The van der Waals surface area contributed by atoms with E-state index in [1.54, 1.807) is 18.3 Å². The fourth-order valence-corrected chi connectivity index (χ4v) is 4.99. The number of hydrogen-bond donors (Lipinski definition) is 3. The lowest BCUT2D eigenvalue weighted by Crippen LogP contribution is -2.53. The number of benzene rings is 2. The molecule has 4 aliphatic rings. The number of nitrogens with one attached hydrogen (secondary N) is 2. The molecule has 0 saturated carbocycles. The number of aliphatic hydroxyl groups excluding tert-OH is 1. The zero-order valence-electron chi connectivity index (χ0n) is 18.0. The minimum absolute atomic E-state index is 0.00288. The van der Waals surface area contributed by atoms with Gasteiger partial charge in [0.2, 0.25) is 5.91 Å². The molecule has 4 aliphatic heterocycles. The fraction of sp³-hybridized carbons (Fsp3) is 0.280. The van der Waals surface area contributed by atoms with Crippen LogP contribution in [0.2, 0.25) is 0 Å². The number of aliphatic hydroxyl groups is 1. The van der Waals surface area contributed by atoms with Crippen LogP contribution in [0.4, 0.5) is 10.1 Å². The smallest absolute Gasteiger partial charge is 0.228 e. The number of amides is 1. The van der Waals surface area contributed by atoms with Gasteiger partial charge < -0.3 is 25.5 Å². The Labute approximate surface area is 190 Å². The van der Waals surface area contributed by atoms with Crippen molar-refractivity contribution >= 4 is 28.8 Å². The minimum Gasteiger partial charge on any atom is -0.393 e. The Morgan fingerprint density at radius 1 is 1.06 bits per heavy atom. The summed E-state index contributed by atoms with van der Waals surface area (Å²) in [4.78, 5) is 21.0. The van der Waals surface area contributed by atoms with E-state index in [1.165, 1.54) is 12.1 Å². The quantitative estimate of drug-likeness (QED) is 0.663. The first-order valence-corrected chi connectivity index (χ1v) is 11.2. The highest BCUT2D eigenvalue weighted by atomic mass is 19.1. The van der Waals surface area contributed by atoms with Crippen LogP contribution in [0, 0.1) is 5.82 Å². The zero-order valence-corrected chi connectivity index (χ0v) is 18.0. The molecular formula is C25H24FN5O2. The first-order valence-electron chi connectivity index (χ1n) is 11.2. The predicted molar refractivity (Wildman–Crippen MR) is 124 cm³/mol. The molecule has 1 fully saturated rings. The van der Waals surface area contributed by atoms with E-state index in [4.69, 9.17) is 4.99 Å². The van der Waals surface area contributed by atoms with Crippen molar-refractivity contribution in [2.24, 2.45) is 4.99 Å². The van der Waals surface area contributed by atoms with Crippen LogP contribution in [0.3, 0.4) is 0 Å². The second kappa shape index (κ2) is 7.74. The molecule has 0 aliphatic carbocycles. The summed E-state index contributed by atoms with van der Waals surface area (Å²) in [6, 6.07) is 12.4. The molecule has 6 rings (SSSR count). The van der Waals surface area contributed by atoms with Gasteiger partial charge in [-0.3, -0.25) is 4.79 Å². The number of rotatable bonds is 2. The summed E-state index contributed by atoms with van der Waals surface area (Å²) in [5.41, 5.74) is 5.49. The number of carbonyl (C=O) groups is 1. The third-order valence-corrected chi connectivity index (χ3v) is 6.66. The average molecular weight is 445 g/mol. The molecule has 2 aromatic rings. The van der Waals surface area contributed by atoms with E-state index in [0.29, 0.717) is 19.3 Å². The van der Waals surface area contributed by atoms with Crippen molar-refractivity contribution in [3.8, 4) is 0 Å². The van der Waals surface area contributed by atoms with Crippen molar-refractivity contribution in [3.05, 3.63) is 77.4 Å². The average Bonchev–Trinajstić information content (AvgIpc) is 3.39. The maximum atomic E-state index is 13.7. The number of fused-ring (bicyclic) bond motifs is 2. The van der Waals surface area contributed by atoms with Crippen LogP contribution in [0.25, 0.3) is 11.4 Å². The van der Waals surface area contributed by atoms with Crippen LogP contribution in [-0.2, 0) is 11.2 Å². The Balaban J connectivity index is 1.42. The number of hydrogen-bond acceptors (Lipinski definition) is 6. The lowest BCUT2D eigenvalue weighted by atomic mass is 10.0. The van der Waals surface area contributed by atoms with E-state index in [-0.39, 0.29) is 24.0 Å². The molecule has 3 N–H and O–H groups in total. The van der Waals surface area contributed by atoms with Gasteiger partial charge in [-0.15, -0.1) is 0 Å². The highest BCUT2D eigenvalue weighted by Crippen LogP contribution is 2.39. The van der Waals surface area contributed by atoms with Gasteiger partial charge in [0.05, 0.1) is 23.9 Å². The number of anilines is 1. The van der Waals surface area contributed by atoms with Crippen molar-refractivity contribution in [1.29, 1.82) is 0 Å². The van der Waals surface area contributed by atoms with Crippen LogP contribution in [0.15, 0.2) is 59.9 Å². The maximum absolute atomic E-state index is 13.7. The first kappa shape index (κ1) is 20.0. The highest BCUT2D eigenvalue weighted by Gasteiger charge is 2.39. The van der Waals surface area contributed by atoms with E-state index in [2.05, 4.69) is 20.4 Å². The molecule has 33 heavy (non-hydrogen) atoms. The summed E-state index contributed by atoms with van der Waals surface area (Å²) in [6.45, 7) is 1.49. The molecule has 4 heterocycles. The van der Waals surface area contributed by atoms with E-state index < -0.39 is 0 Å². The van der Waals surface area contributed by atoms with Crippen molar-refractivity contribution in [1.82, 2.24) is 15.1 Å². The predicted octanol–water partition coefficient (Wildman–Crippen LogP) is 2.72. The van der Waals surface area contributed by atoms with E-state index >= 15 is 0 Å². The monoisotopic (exact) mass is 445 g/mol. The molecule has 2 aromatic carbocycles. The van der Waals surface area contributed by atoms with E-state index in [0.717, 1.165) is 52.7 Å². The summed E-state index contributed by atoms with van der Waals surface area (Å²) in [5.74, 6) is 0.613. The number of aliphatic imine (C=N–C) groups is 1. The largest absolute Gasteiger partial charge is 0.393 e. The number of likely N-dealkylation sites (tertiary alicyclic amines) is 1. The Bertz CT molecular complexity index is 1210. The molecule has 0 aromatic heterocycles. The van der Waals surface area contributed by atoms with Crippen molar-refractivity contribution in [2.75, 3.05) is 18.4 Å². The van der Waals surface area contributed by atoms with Gasteiger partial charge in [0, 0.05) is 42.3 Å². The molecule has 0 spiro atoms. The lowest BCUT2D eigenvalue weighted by molar-refractivity contribution is -0.115. The minimum atomic E-state index is -0.284. The third-order valence-electron chi connectivity index (χ3n) is 6.66. The Morgan fingerprint density at radius 3 is 2.61 bits per heavy atom. The Kier molecular flexibility index (Phi) is 4.69. The maximum Gasteiger partial charge on any atom is 0.228 e. The molecule has 0 bridgehead atoms. The molecule has 8 heteroatoms. The standard InChI is InChI=1S/C25H24FN5O2/c26-18-4-1-15(2-5-18)22-23(16-3-6-20-17(13-16)14-21(33)28-20)31-12-9-27-24(25(31)29-22)30-10-7-19(32)8-11-30/h1-6,9,12-13,19,25,29,32H,7-8,10-11,14H2,(H,28,33). The lowest BCUT2D eigenvalue weighted by Gasteiger charge is -2.38. The summed E-state index contributed by atoms with van der Waals surface area (Å²) in [7, 11) is 0. The molecule has 1 amide bonds. The molecular weight excluding hydrogens is 421 g/mol. The Morgan fingerprint density at radius 2 is 1.82 bits per heavy atom. The van der Waals surface area contributed by atoms with Gasteiger partial charge >= 0.3 is 0 Å². The second-order valence-corrected chi connectivity index (χ2v) is 8.79. The van der Waals surface area contributed by atoms with Crippen molar-refractivity contribution < 1.29 is 14.3 Å². The third kappa shape index (κ3) is 3.47. The van der Waals surface area contributed by atoms with Gasteiger partial charge in [-0.25, -0.2) is 9.38 Å². The SMILES string of the molecule is O=C1Cc2cc(C3=C(c4ccc(F)cc4)NC4C(N5CCC(O)CC5)=NC=CN34)ccc2N1. The molecule has 1 atom stereocenters. The van der Waals surface area contributed by atoms with Crippen LogP contribution < -0.4 is 10.6 Å². The molecule has 7 nitrogen and oxygen atoms in total. The second-order valence-electron chi connectivity index (χ2n) is 8.79. The van der Waals surface area contributed by atoms with Gasteiger partial charge in [0.25, 0.3) is 0 Å². The normalized spacial score (nSPS) is 22.2. The van der Waals surface area contributed by atoms with Crippen LogP contribution in [-0.4, -0.2) is 52.0 Å². The number of carbonyl (C=O) groups excluding carboxylic acids is 1. The topological polar surface area (TPSA) is 80.2 Å². The van der Waals surface area contributed by atoms with Gasteiger partial charge in [0.15, 0.2) is 6.17 Å². The summed E-state index contributed by atoms with van der Waals surface area (Å²) < 4.78 is 13.7. The van der Waals surface area contributed by atoms with E-state index in [1.807, 2.05) is 24.4 Å². The fourth-order valence-electron chi connectivity index (χ4n) is 4.99. The van der Waals surface area contributed by atoms with Gasteiger partial charge in [-0.1, -0.05) is 6.07 Å². The Hall–Kier alpha value is -3.65. The van der Waals surface area contributed by atoms with Gasteiger partial charge in [0.1, 0.15) is 11.7 Å². The van der Waals surface area contributed by atoms with Crippen molar-refractivity contribution in [3.63, 3.8) is 0 Å². The van der Waals surface area contributed by atoms with Crippen LogP contribution >= 0.6 is 0 Å². The van der Waals surface area contributed by atoms with Gasteiger partial charge in [-0.2, -0.15) is 0 Å². The molecule has 1 saturated heterocycles. The number of piperidine rings is 1. The molecule has 168 valence electrons. The molecule has 0 radical (unpaired) electrons. The number of nitrogens with zero attached hydrogens (tertiary/aromatic N) is 3. The van der Waals surface area contributed by atoms with Crippen LogP contribution in [0.5, 0.6) is 0 Å². The van der Waals surface area contributed by atoms with E-state index in [9.17, 15) is 14.3 Å². The van der Waals surface area contributed by atoms with Crippen LogP contribution in [0.1, 0.15) is 29.5 Å². The summed E-state index contributed by atoms with van der Waals surface area (Å²) in [6.07, 6.45) is 5.05. The number of halogens is 1. The number of amidine groups is 1. The summed E-state index contributed by atoms with van der Waals surface area (Å²) >= 11 is 0. The highest BCUT2D eigenvalue weighted by molar-refractivity contribution is 6.02. The molecule has 1 unspecified atom stereocenters. The first-order chi connectivity index (χ1) is 16.1.